The van der Waals surface area contributed by atoms with E-state index in [1.807, 2.05) is 48.9 Å². The fourth-order valence-electron chi connectivity index (χ4n) is 3.56. The molecule has 2 aromatic heterocycles. The lowest BCUT2D eigenvalue weighted by Crippen LogP contribution is -2.18. The highest BCUT2D eigenvalue weighted by atomic mass is 16.5. The standard InChI is InChI=1S/C24H24N6O3/c1-15-23(16(2)30(29-15)18-8-6-5-7-9-18)19-13-20(27-26-19)24(31)28-25-14-17-10-11-21(32-3)22(12-17)33-4/h5-14H,1-4H3,(H,26,27)(H,28,31)/b25-14-. The number of H-pyrrole nitrogens is 1. The van der Waals surface area contributed by atoms with E-state index in [2.05, 4.69) is 25.8 Å². The fraction of sp³-hybridized carbons (Fsp3) is 0.167. The van der Waals surface area contributed by atoms with Crippen molar-refractivity contribution in [1.82, 2.24) is 25.4 Å². The lowest BCUT2D eigenvalue weighted by Gasteiger charge is -2.07. The van der Waals surface area contributed by atoms with Crippen LogP contribution >= 0.6 is 0 Å². The molecule has 0 aliphatic heterocycles. The summed E-state index contributed by atoms with van der Waals surface area (Å²) in [6.45, 7) is 3.90. The first-order chi connectivity index (χ1) is 16.0. The fourth-order valence-corrected chi connectivity index (χ4v) is 3.56. The number of nitrogens with one attached hydrogen (secondary N) is 2. The van der Waals surface area contributed by atoms with Gasteiger partial charge in [0, 0.05) is 5.56 Å². The van der Waals surface area contributed by atoms with E-state index in [4.69, 9.17) is 9.47 Å². The summed E-state index contributed by atoms with van der Waals surface area (Å²) in [6, 6.07) is 16.9. The average molecular weight is 444 g/mol. The lowest BCUT2D eigenvalue weighted by molar-refractivity contribution is 0.0950. The third-order valence-electron chi connectivity index (χ3n) is 5.16. The SMILES string of the molecule is COc1ccc(/C=N\NC(=O)c2cc(-c3c(C)nn(-c4ccccc4)c3C)n[nH]2)cc1OC. The first-order valence-electron chi connectivity index (χ1n) is 10.2. The van der Waals surface area contributed by atoms with Crippen LogP contribution in [0.4, 0.5) is 0 Å². The van der Waals surface area contributed by atoms with Crippen LogP contribution in [0, 0.1) is 13.8 Å². The van der Waals surface area contributed by atoms with E-state index in [0.717, 1.165) is 28.2 Å². The maximum Gasteiger partial charge on any atom is 0.289 e. The number of carbonyl (C=O) groups is 1. The van der Waals surface area contributed by atoms with Gasteiger partial charge in [-0.1, -0.05) is 18.2 Å². The predicted octanol–water partition coefficient (Wildman–Crippen LogP) is 3.66. The molecule has 0 radical (unpaired) electrons. The lowest BCUT2D eigenvalue weighted by atomic mass is 10.1. The highest BCUT2D eigenvalue weighted by Crippen LogP contribution is 2.28. The minimum Gasteiger partial charge on any atom is -0.493 e. The van der Waals surface area contributed by atoms with E-state index in [-0.39, 0.29) is 0 Å². The number of aromatic nitrogens is 4. The van der Waals surface area contributed by atoms with Crippen LogP contribution in [0.15, 0.2) is 59.7 Å². The number of hydrazone groups is 1. The summed E-state index contributed by atoms with van der Waals surface area (Å²) in [7, 11) is 3.13. The van der Waals surface area contributed by atoms with Gasteiger partial charge >= 0.3 is 0 Å². The van der Waals surface area contributed by atoms with Gasteiger partial charge in [0.15, 0.2) is 11.5 Å². The van der Waals surface area contributed by atoms with Crippen LogP contribution in [0.5, 0.6) is 11.5 Å². The number of para-hydroxylation sites is 1. The van der Waals surface area contributed by atoms with Gasteiger partial charge in [-0.3, -0.25) is 9.89 Å². The molecule has 2 N–H and O–H groups in total. The first kappa shape index (κ1) is 21.8. The van der Waals surface area contributed by atoms with Crippen molar-refractivity contribution in [2.75, 3.05) is 14.2 Å². The zero-order chi connectivity index (χ0) is 23.4. The van der Waals surface area contributed by atoms with Crippen LogP contribution in [0.2, 0.25) is 0 Å². The summed E-state index contributed by atoms with van der Waals surface area (Å²) < 4.78 is 12.4. The number of nitrogens with zero attached hydrogens (tertiary/aromatic N) is 4. The van der Waals surface area contributed by atoms with Gasteiger partial charge in [-0.25, -0.2) is 10.1 Å². The van der Waals surface area contributed by atoms with Crippen molar-refractivity contribution in [3.05, 3.63) is 77.2 Å². The number of ether oxygens (including phenoxy) is 2. The molecule has 2 aromatic carbocycles. The Morgan fingerprint density at radius 1 is 1.06 bits per heavy atom. The second kappa shape index (κ2) is 9.39. The highest BCUT2D eigenvalue weighted by Gasteiger charge is 2.18. The van der Waals surface area contributed by atoms with Crippen LogP contribution in [-0.4, -0.2) is 46.3 Å². The Balaban J connectivity index is 1.49. The minimum atomic E-state index is -0.406. The van der Waals surface area contributed by atoms with E-state index in [1.165, 1.54) is 6.21 Å². The van der Waals surface area contributed by atoms with Gasteiger partial charge in [-0.15, -0.1) is 0 Å². The summed E-state index contributed by atoms with van der Waals surface area (Å²) >= 11 is 0. The summed E-state index contributed by atoms with van der Waals surface area (Å²) in [5.74, 6) is 0.786. The number of aromatic amines is 1. The number of methoxy groups -OCH3 is 2. The molecule has 9 nitrogen and oxygen atoms in total. The van der Waals surface area contributed by atoms with Crippen LogP contribution in [-0.2, 0) is 0 Å². The Hall–Kier alpha value is -4.40. The summed E-state index contributed by atoms with van der Waals surface area (Å²) in [4.78, 5) is 12.5. The molecule has 0 unspecified atom stereocenters. The molecule has 0 aliphatic rings. The molecule has 0 aliphatic carbocycles. The third kappa shape index (κ3) is 4.47. The van der Waals surface area contributed by atoms with Gasteiger partial charge in [0.2, 0.25) is 0 Å². The van der Waals surface area contributed by atoms with Gasteiger partial charge in [-0.2, -0.15) is 15.3 Å². The molecule has 0 spiro atoms. The molecule has 0 fully saturated rings. The summed E-state index contributed by atoms with van der Waals surface area (Å²) in [5, 5.41) is 15.8. The van der Waals surface area contributed by atoms with Gasteiger partial charge in [0.05, 0.1) is 43.2 Å². The Labute approximate surface area is 191 Å². The molecule has 4 rings (SSSR count). The Morgan fingerprint density at radius 3 is 2.55 bits per heavy atom. The van der Waals surface area contributed by atoms with E-state index in [9.17, 15) is 4.79 Å². The molecule has 2 heterocycles. The highest BCUT2D eigenvalue weighted by molar-refractivity contribution is 5.94. The van der Waals surface area contributed by atoms with E-state index >= 15 is 0 Å². The van der Waals surface area contributed by atoms with Crippen LogP contribution in [0.1, 0.15) is 27.4 Å². The number of aryl methyl sites for hydroxylation is 1. The number of amides is 1. The van der Waals surface area contributed by atoms with Gasteiger partial charge in [-0.05, 0) is 55.8 Å². The maximum atomic E-state index is 12.5. The number of carbonyl (C=O) groups excluding carboxylic acids is 1. The number of rotatable bonds is 7. The monoisotopic (exact) mass is 444 g/mol. The van der Waals surface area contributed by atoms with Gasteiger partial charge in [0.1, 0.15) is 5.69 Å². The minimum absolute atomic E-state index is 0.292. The molecule has 0 saturated heterocycles. The quantitative estimate of drug-likeness (QED) is 0.334. The van der Waals surface area contributed by atoms with E-state index in [0.29, 0.717) is 22.9 Å². The maximum absolute atomic E-state index is 12.5. The van der Waals surface area contributed by atoms with Crippen molar-refractivity contribution in [3.63, 3.8) is 0 Å². The topological polar surface area (TPSA) is 106 Å². The molecule has 0 bridgehead atoms. The Bertz CT molecular complexity index is 1310. The normalized spacial score (nSPS) is 11.0. The van der Waals surface area contributed by atoms with Crippen LogP contribution in [0.3, 0.4) is 0 Å². The molecule has 0 atom stereocenters. The largest absolute Gasteiger partial charge is 0.493 e. The molecular formula is C24H24N6O3. The van der Waals surface area contributed by atoms with Crippen molar-refractivity contribution in [3.8, 4) is 28.4 Å². The van der Waals surface area contributed by atoms with E-state index < -0.39 is 5.91 Å². The second-order valence-corrected chi connectivity index (χ2v) is 7.27. The number of hydrogen-bond donors (Lipinski definition) is 2. The Morgan fingerprint density at radius 2 is 1.82 bits per heavy atom. The molecule has 0 saturated carbocycles. The summed E-state index contributed by atoms with van der Waals surface area (Å²) in [5.41, 5.74) is 7.78. The Kier molecular flexibility index (Phi) is 6.21. The van der Waals surface area contributed by atoms with Crippen molar-refractivity contribution < 1.29 is 14.3 Å². The molecule has 168 valence electrons. The van der Waals surface area contributed by atoms with Crippen LogP contribution < -0.4 is 14.9 Å². The van der Waals surface area contributed by atoms with Crippen LogP contribution in [0.25, 0.3) is 16.9 Å². The van der Waals surface area contributed by atoms with Crippen molar-refractivity contribution in [2.24, 2.45) is 5.10 Å². The predicted molar refractivity (Wildman–Crippen MR) is 125 cm³/mol. The third-order valence-corrected chi connectivity index (χ3v) is 5.16. The zero-order valence-corrected chi connectivity index (χ0v) is 18.8. The average Bonchev–Trinajstić information content (AvgIpc) is 3.43. The molecule has 1 amide bonds. The van der Waals surface area contributed by atoms with E-state index in [1.54, 1.807) is 38.5 Å². The molecule has 4 aromatic rings. The number of benzene rings is 2. The van der Waals surface area contributed by atoms with Gasteiger partial charge in [0.25, 0.3) is 5.91 Å². The van der Waals surface area contributed by atoms with Crippen molar-refractivity contribution >= 4 is 12.1 Å². The number of hydrogen-bond acceptors (Lipinski definition) is 6. The smallest absolute Gasteiger partial charge is 0.289 e. The first-order valence-corrected chi connectivity index (χ1v) is 10.2. The second-order valence-electron chi connectivity index (χ2n) is 7.27. The molecule has 33 heavy (non-hydrogen) atoms. The summed E-state index contributed by atoms with van der Waals surface area (Å²) in [6.07, 6.45) is 1.52. The van der Waals surface area contributed by atoms with Gasteiger partial charge < -0.3 is 9.47 Å². The zero-order valence-electron chi connectivity index (χ0n) is 18.8. The van der Waals surface area contributed by atoms with Crippen molar-refractivity contribution in [2.45, 2.75) is 13.8 Å². The molecule has 9 heteroatoms. The van der Waals surface area contributed by atoms with Crippen molar-refractivity contribution in [1.29, 1.82) is 0 Å². The molecular weight excluding hydrogens is 420 g/mol.